The maximum absolute atomic E-state index is 12.2. The lowest BCUT2D eigenvalue weighted by Crippen LogP contribution is -2.31. The van der Waals surface area contributed by atoms with Crippen LogP contribution in [-0.2, 0) is 24.3 Å². The van der Waals surface area contributed by atoms with E-state index in [4.69, 9.17) is 9.47 Å². The quantitative estimate of drug-likeness (QED) is 0.683. The van der Waals surface area contributed by atoms with Crippen molar-refractivity contribution in [2.45, 2.75) is 17.9 Å². The monoisotopic (exact) mass is 417 g/mol. The van der Waals surface area contributed by atoms with Crippen molar-refractivity contribution in [3.05, 3.63) is 54.1 Å². The number of hydrogen-bond acceptors (Lipinski definition) is 7. The van der Waals surface area contributed by atoms with Gasteiger partial charge in [0.1, 0.15) is 18.1 Å². The number of ether oxygens (including phenoxy) is 2. The normalized spacial score (nSPS) is 16.4. The molecule has 1 aliphatic rings. The lowest BCUT2D eigenvalue weighted by Gasteiger charge is -2.13. The molecular weight excluding hydrogens is 398 g/mol. The second kappa shape index (κ2) is 8.31. The molecule has 1 heterocycles. The predicted molar refractivity (Wildman–Crippen MR) is 105 cm³/mol. The number of aliphatic imine (C=N–C) groups is 1. The van der Waals surface area contributed by atoms with E-state index in [9.17, 15) is 18.0 Å². The Morgan fingerprint density at radius 3 is 2.69 bits per heavy atom. The summed E-state index contributed by atoms with van der Waals surface area (Å²) in [6.45, 7) is 0.983. The molecule has 1 aliphatic heterocycles. The lowest BCUT2D eigenvalue weighted by atomic mass is 10.2. The molecule has 29 heavy (non-hydrogen) atoms. The first-order valence-corrected chi connectivity index (χ1v) is 10.1. The van der Waals surface area contributed by atoms with Gasteiger partial charge < -0.3 is 14.8 Å². The van der Waals surface area contributed by atoms with Crippen molar-refractivity contribution in [2.24, 2.45) is 4.99 Å². The van der Waals surface area contributed by atoms with Crippen LogP contribution in [0, 0.1) is 0 Å². The van der Waals surface area contributed by atoms with E-state index >= 15 is 0 Å². The van der Waals surface area contributed by atoms with Gasteiger partial charge in [-0.1, -0.05) is 18.2 Å². The van der Waals surface area contributed by atoms with Crippen LogP contribution >= 0.6 is 0 Å². The van der Waals surface area contributed by atoms with Crippen LogP contribution in [-0.4, -0.2) is 45.9 Å². The van der Waals surface area contributed by atoms with Crippen molar-refractivity contribution in [3.8, 4) is 5.75 Å². The van der Waals surface area contributed by atoms with Crippen LogP contribution in [0.2, 0.25) is 0 Å². The zero-order chi connectivity index (χ0) is 21.0. The average molecular weight is 417 g/mol. The molecule has 152 valence electrons. The molecule has 0 fully saturated rings. The van der Waals surface area contributed by atoms with Gasteiger partial charge in [-0.25, -0.2) is 8.42 Å². The molecule has 2 aromatic rings. The number of sulfonamides is 1. The fourth-order valence-electron chi connectivity index (χ4n) is 2.63. The summed E-state index contributed by atoms with van der Waals surface area (Å²) >= 11 is 0. The third-order valence-electron chi connectivity index (χ3n) is 4.04. The number of esters is 1. The summed E-state index contributed by atoms with van der Waals surface area (Å²) in [5, 5.41) is 2.62. The molecule has 0 spiro atoms. The average Bonchev–Trinajstić information content (AvgIpc) is 2.97. The fraction of sp³-hybridized carbons (Fsp3) is 0.211. The number of benzene rings is 2. The molecule has 9 nitrogen and oxygen atoms in total. The number of fused-ring (bicyclic) bond motifs is 1. The van der Waals surface area contributed by atoms with Gasteiger partial charge in [0.25, 0.3) is 15.9 Å². The van der Waals surface area contributed by atoms with Gasteiger partial charge >= 0.3 is 5.97 Å². The molecule has 1 amide bonds. The van der Waals surface area contributed by atoms with Gasteiger partial charge in [-0.3, -0.25) is 19.3 Å². The van der Waals surface area contributed by atoms with E-state index in [2.05, 4.69) is 15.0 Å². The highest BCUT2D eigenvalue weighted by atomic mass is 32.2. The summed E-state index contributed by atoms with van der Waals surface area (Å²) in [5.41, 5.74) is 0.874. The Balaban J connectivity index is 1.59. The number of amides is 1. The highest BCUT2D eigenvalue weighted by molar-refractivity contribution is 7.90. The van der Waals surface area contributed by atoms with E-state index < -0.39 is 34.5 Å². The number of anilines is 1. The first kappa shape index (κ1) is 20.3. The maximum Gasteiger partial charge on any atom is 0.328 e. The van der Waals surface area contributed by atoms with Crippen molar-refractivity contribution in [1.82, 2.24) is 4.72 Å². The molecule has 0 unspecified atom stereocenters. The minimum atomic E-state index is -3.69. The van der Waals surface area contributed by atoms with Gasteiger partial charge in [0, 0.05) is 17.3 Å². The van der Waals surface area contributed by atoms with Crippen molar-refractivity contribution >= 4 is 33.4 Å². The third kappa shape index (κ3) is 4.72. The number of hydrogen-bond donors (Lipinski definition) is 2. The molecule has 2 N–H and O–H groups in total. The summed E-state index contributed by atoms with van der Waals surface area (Å²) in [5.74, 6) is -0.658. The standard InChI is InChI=1S/C19H19N3O6S/c1-12(19(24)21-13-6-5-7-14(10-13)27-2)28-17(23)11-20-18-15-8-3-4-9-16(15)29(25,26)22-18/h3-10,12H,11H2,1-2H3,(H,20,22)(H,21,24)/t12-/m0/s1. The second-order valence-electron chi connectivity index (χ2n) is 6.12. The third-order valence-corrected chi connectivity index (χ3v) is 5.44. The number of carbonyl (C=O) groups is 2. The van der Waals surface area contributed by atoms with Crippen molar-refractivity contribution in [1.29, 1.82) is 0 Å². The molecule has 10 heteroatoms. The molecular formula is C19H19N3O6S. The molecule has 1 atom stereocenters. The molecule has 0 bridgehead atoms. The largest absolute Gasteiger partial charge is 0.497 e. The SMILES string of the molecule is COc1cccc(NC(=O)[C@H](C)OC(=O)CN=C2NS(=O)(=O)c3ccccc32)c1. The Hall–Kier alpha value is -3.40. The molecule has 0 aromatic heterocycles. The molecule has 0 saturated heterocycles. The molecule has 2 aromatic carbocycles. The number of nitrogens with zero attached hydrogens (tertiary/aromatic N) is 1. The molecule has 0 radical (unpaired) electrons. The van der Waals surface area contributed by atoms with Crippen LogP contribution in [0.3, 0.4) is 0 Å². The first-order chi connectivity index (χ1) is 13.8. The van der Waals surface area contributed by atoms with Crippen LogP contribution in [0.5, 0.6) is 5.75 Å². The van der Waals surface area contributed by atoms with Crippen molar-refractivity contribution in [2.75, 3.05) is 19.0 Å². The van der Waals surface area contributed by atoms with Gasteiger partial charge in [0.15, 0.2) is 6.10 Å². The van der Waals surface area contributed by atoms with E-state index in [0.717, 1.165) is 0 Å². The van der Waals surface area contributed by atoms with Crippen LogP contribution in [0.4, 0.5) is 5.69 Å². The predicted octanol–water partition coefficient (Wildman–Crippen LogP) is 1.30. The number of amidine groups is 1. The number of nitrogens with one attached hydrogen (secondary N) is 2. The Labute approximate surface area is 167 Å². The van der Waals surface area contributed by atoms with Gasteiger partial charge in [-0.2, -0.15) is 0 Å². The fourth-order valence-corrected chi connectivity index (χ4v) is 3.88. The smallest absolute Gasteiger partial charge is 0.328 e. The summed E-state index contributed by atoms with van der Waals surface area (Å²) in [4.78, 5) is 28.3. The van der Waals surface area contributed by atoms with Gasteiger partial charge in [0.05, 0.1) is 12.0 Å². The zero-order valence-corrected chi connectivity index (χ0v) is 16.5. The lowest BCUT2D eigenvalue weighted by molar-refractivity contribution is -0.151. The maximum atomic E-state index is 12.2. The summed E-state index contributed by atoms with van der Waals surface area (Å²) < 4.78 is 36.5. The van der Waals surface area contributed by atoms with Crippen molar-refractivity contribution in [3.63, 3.8) is 0 Å². The zero-order valence-electron chi connectivity index (χ0n) is 15.7. The number of rotatable bonds is 6. The van der Waals surface area contributed by atoms with E-state index in [0.29, 0.717) is 17.0 Å². The number of methoxy groups -OCH3 is 1. The van der Waals surface area contributed by atoms with E-state index in [1.54, 1.807) is 42.5 Å². The highest BCUT2D eigenvalue weighted by Gasteiger charge is 2.30. The summed E-state index contributed by atoms with van der Waals surface area (Å²) in [7, 11) is -2.18. The van der Waals surface area contributed by atoms with Gasteiger partial charge in [-0.05, 0) is 31.2 Å². The Kier molecular flexibility index (Phi) is 5.83. The van der Waals surface area contributed by atoms with Crippen LogP contribution in [0.25, 0.3) is 0 Å². The van der Waals surface area contributed by atoms with Crippen molar-refractivity contribution < 1.29 is 27.5 Å². The molecule has 0 saturated carbocycles. The Bertz CT molecular complexity index is 1080. The minimum Gasteiger partial charge on any atom is -0.497 e. The van der Waals surface area contributed by atoms with E-state index in [1.807, 2.05) is 0 Å². The highest BCUT2D eigenvalue weighted by Crippen LogP contribution is 2.22. The van der Waals surface area contributed by atoms with Gasteiger partial charge in [-0.15, -0.1) is 0 Å². The van der Waals surface area contributed by atoms with E-state index in [1.165, 1.54) is 20.1 Å². The Morgan fingerprint density at radius 2 is 1.93 bits per heavy atom. The first-order valence-electron chi connectivity index (χ1n) is 8.61. The van der Waals surface area contributed by atoms with Gasteiger partial charge in [0.2, 0.25) is 0 Å². The Morgan fingerprint density at radius 1 is 1.17 bits per heavy atom. The van der Waals surface area contributed by atoms with Crippen LogP contribution in [0.1, 0.15) is 12.5 Å². The number of carbonyl (C=O) groups excluding carboxylic acids is 2. The van der Waals surface area contributed by atoms with E-state index in [-0.39, 0.29) is 10.7 Å². The minimum absolute atomic E-state index is 0.0611. The molecule has 3 rings (SSSR count). The second-order valence-corrected chi connectivity index (χ2v) is 7.77. The van der Waals surface area contributed by atoms with Crippen LogP contribution < -0.4 is 14.8 Å². The van der Waals surface area contributed by atoms with Crippen LogP contribution in [0.15, 0.2) is 58.4 Å². The topological polar surface area (TPSA) is 123 Å². The summed E-state index contributed by atoms with van der Waals surface area (Å²) in [6.07, 6.45) is -1.07. The molecule has 0 aliphatic carbocycles. The summed E-state index contributed by atoms with van der Waals surface area (Å²) in [6, 6.07) is 13.0.